The number of aliphatic hydroxyl groups is 1. The number of aryl methyl sites for hydroxylation is 1. The van der Waals surface area contributed by atoms with Gasteiger partial charge in [0.25, 0.3) is 0 Å². The molecule has 1 aromatic rings. The summed E-state index contributed by atoms with van der Waals surface area (Å²) < 4.78 is 0. The van der Waals surface area contributed by atoms with Crippen molar-refractivity contribution < 1.29 is 5.11 Å². The molecule has 5 heteroatoms. The Morgan fingerprint density at radius 2 is 2.38 bits per heavy atom. The molecule has 0 spiro atoms. The smallest absolute Gasteiger partial charge is 0.187 e. The number of rotatable bonds is 7. The predicted octanol–water partition coefficient (Wildman–Crippen LogP) is 1.24. The van der Waals surface area contributed by atoms with Gasteiger partial charge in [-0.2, -0.15) is 0 Å². The van der Waals surface area contributed by atoms with Crippen LogP contribution < -0.4 is 5.32 Å². The highest BCUT2D eigenvalue weighted by Gasteiger charge is 2.07. The molecule has 90 valence electrons. The Morgan fingerprint density at radius 3 is 3.00 bits per heavy atom. The van der Waals surface area contributed by atoms with Gasteiger partial charge in [0.1, 0.15) is 0 Å². The molecule has 1 heterocycles. The fraction of sp³-hybridized carbons (Fsp3) is 0.636. The first-order valence-electron chi connectivity index (χ1n) is 5.53. The lowest BCUT2D eigenvalue weighted by atomic mass is 10.3. The van der Waals surface area contributed by atoms with Crippen molar-refractivity contribution in [3.8, 4) is 0 Å². The number of hydrogen-bond acceptors (Lipinski definition) is 5. The van der Waals surface area contributed by atoms with E-state index in [1.807, 2.05) is 13.0 Å². The number of nitrogens with one attached hydrogen (secondary N) is 1. The van der Waals surface area contributed by atoms with Gasteiger partial charge in [0.05, 0.1) is 6.61 Å². The molecule has 0 saturated carbocycles. The lowest BCUT2D eigenvalue weighted by Crippen LogP contribution is -2.35. The fourth-order valence-electron chi connectivity index (χ4n) is 1.20. The Hall–Kier alpha value is -0.650. The van der Waals surface area contributed by atoms with Crippen LogP contribution >= 0.6 is 11.8 Å². The van der Waals surface area contributed by atoms with Gasteiger partial charge >= 0.3 is 0 Å². The SMILES string of the molecule is CCCNC(CO)CSc1nccc(C)n1. The first kappa shape index (κ1) is 13.4. The molecule has 2 N–H and O–H groups in total. The lowest BCUT2D eigenvalue weighted by Gasteiger charge is -2.14. The van der Waals surface area contributed by atoms with E-state index in [1.54, 1.807) is 18.0 Å². The summed E-state index contributed by atoms with van der Waals surface area (Å²) in [5.74, 6) is 0.792. The van der Waals surface area contributed by atoms with E-state index >= 15 is 0 Å². The van der Waals surface area contributed by atoms with Gasteiger partial charge in [-0.1, -0.05) is 18.7 Å². The van der Waals surface area contributed by atoms with Gasteiger partial charge in [-0.3, -0.25) is 0 Å². The molecule has 0 bridgehead atoms. The minimum Gasteiger partial charge on any atom is -0.395 e. The summed E-state index contributed by atoms with van der Waals surface area (Å²) >= 11 is 1.57. The van der Waals surface area contributed by atoms with Crippen LogP contribution in [0.3, 0.4) is 0 Å². The third kappa shape index (κ3) is 4.92. The quantitative estimate of drug-likeness (QED) is 0.555. The van der Waals surface area contributed by atoms with E-state index in [0.717, 1.165) is 29.6 Å². The van der Waals surface area contributed by atoms with E-state index in [0.29, 0.717) is 0 Å². The largest absolute Gasteiger partial charge is 0.395 e. The summed E-state index contributed by atoms with van der Waals surface area (Å²) in [6.45, 7) is 5.14. The summed E-state index contributed by atoms with van der Waals surface area (Å²) in [4.78, 5) is 8.47. The summed E-state index contributed by atoms with van der Waals surface area (Å²) in [7, 11) is 0. The maximum atomic E-state index is 9.17. The van der Waals surface area contributed by atoms with Crippen molar-refractivity contribution in [2.75, 3.05) is 18.9 Å². The van der Waals surface area contributed by atoms with E-state index in [4.69, 9.17) is 5.11 Å². The zero-order valence-electron chi connectivity index (χ0n) is 9.81. The Kier molecular flexibility index (Phi) is 6.37. The Labute approximate surface area is 101 Å². The monoisotopic (exact) mass is 241 g/mol. The number of nitrogens with zero attached hydrogens (tertiary/aromatic N) is 2. The highest BCUT2D eigenvalue weighted by atomic mass is 32.2. The van der Waals surface area contributed by atoms with Gasteiger partial charge in [-0.05, 0) is 26.0 Å². The fourth-order valence-corrected chi connectivity index (χ4v) is 2.11. The molecular weight excluding hydrogens is 222 g/mol. The molecule has 0 saturated heterocycles. The van der Waals surface area contributed by atoms with Crippen LogP contribution in [0.25, 0.3) is 0 Å². The zero-order valence-corrected chi connectivity index (χ0v) is 10.6. The van der Waals surface area contributed by atoms with Crippen molar-refractivity contribution in [1.82, 2.24) is 15.3 Å². The summed E-state index contributed by atoms with van der Waals surface area (Å²) in [5, 5.41) is 13.2. The van der Waals surface area contributed by atoms with E-state index in [2.05, 4.69) is 22.2 Å². The number of aromatic nitrogens is 2. The van der Waals surface area contributed by atoms with Crippen molar-refractivity contribution in [3.05, 3.63) is 18.0 Å². The van der Waals surface area contributed by atoms with Crippen molar-refractivity contribution >= 4 is 11.8 Å². The van der Waals surface area contributed by atoms with Crippen LogP contribution in [-0.4, -0.2) is 40.0 Å². The molecule has 0 aromatic carbocycles. The molecule has 0 aliphatic rings. The summed E-state index contributed by atoms with van der Waals surface area (Å²) in [6.07, 6.45) is 2.83. The van der Waals surface area contributed by atoms with Crippen LogP contribution in [0.15, 0.2) is 17.4 Å². The number of hydrogen-bond donors (Lipinski definition) is 2. The van der Waals surface area contributed by atoms with Crippen LogP contribution in [0.4, 0.5) is 0 Å². The maximum absolute atomic E-state index is 9.17. The van der Waals surface area contributed by atoms with Crippen molar-refractivity contribution in [3.63, 3.8) is 0 Å². The highest BCUT2D eigenvalue weighted by Crippen LogP contribution is 2.13. The first-order chi connectivity index (χ1) is 7.76. The van der Waals surface area contributed by atoms with E-state index in [-0.39, 0.29) is 12.6 Å². The Morgan fingerprint density at radius 1 is 1.56 bits per heavy atom. The molecular formula is C11H19N3OS. The normalized spacial score (nSPS) is 12.7. The number of aliphatic hydroxyl groups excluding tert-OH is 1. The minimum absolute atomic E-state index is 0.120. The second kappa shape index (κ2) is 7.60. The standard InChI is InChI=1S/C11H19N3OS/c1-3-5-12-10(7-15)8-16-11-13-6-4-9(2)14-11/h4,6,10,12,15H,3,5,7-8H2,1-2H3. The third-order valence-corrected chi connectivity index (χ3v) is 3.11. The molecule has 4 nitrogen and oxygen atoms in total. The van der Waals surface area contributed by atoms with Crippen molar-refractivity contribution in [2.24, 2.45) is 0 Å². The van der Waals surface area contributed by atoms with E-state index in [1.165, 1.54) is 0 Å². The minimum atomic E-state index is 0.120. The van der Waals surface area contributed by atoms with Gasteiger partial charge in [-0.25, -0.2) is 9.97 Å². The molecule has 0 fully saturated rings. The molecule has 1 aromatic heterocycles. The first-order valence-corrected chi connectivity index (χ1v) is 6.51. The molecule has 0 radical (unpaired) electrons. The van der Waals surface area contributed by atoms with Gasteiger partial charge in [0, 0.05) is 23.7 Å². The Balaban J connectivity index is 2.37. The molecule has 0 amide bonds. The van der Waals surface area contributed by atoms with Gasteiger partial charge in [0.15, 0.2) is 5.16 Å². The molecule has 0 aliphatic carbocycles. The molecule has 1 atom stereocenters. The zero-order chi connectivity index (χ0) is 11.8. The molecule has 1 unspecified atom stereocenters. The van der Waals surface area contributed by atoms with Crippen LogP contribution in [0, 0.1) is 6.92 Å². The van der Waals surface area contributed by atoms with Gasteiger partial charge in [0.2, 0.25) is 0 Å². The molecule has 0 aliphatic heterocycles. The maximum Gasteiger partial charge on any atom is 0.187 e. The predicted molar refractivity (Wildman–Crippen MR) is 66.7 cm³/mol. The van der Waals surface area contributed by atoms with Crippen LogP contribution in [-0.2, 0) is 0 Å². The second-order valence-electron chi connectivity index (χ2n) is 3.63. The molecule has 1 rings (SSSR count). The third-order valence-electron chi connectivity index (χ3n) is 2.09. The lowest BCUT2D eigenvalue weighted by molar-refractivity contribution is 0.254. The summed E-state index contributed by atoms with van der Waals surface area (Å²) in [5.41, 5.74) is 0.972. The average Bonchev–Trinajstić information content (AvgIpc) is 2.29. The van der Waals surface area contributed by atoms with Gasteiger partial charge < -0.3 is 10.4 Å². The highest BCUT2D eigenvalue weighted by molar-refractivity contribution is 7.99. The van der Waals surface area contributed by atoms with Crippen LogP contribution in [0.1, 0.15) is 19.0 Å². The van der Waals surface area contributed by atoms with Crippen LogP contribution in [0.5, 0.6) is 0 Å². The van der Waals surface area contributed by atoms with Crippen LogP contribution in [0.2, 0.25) is 0 Å². The average molecular weight is 241 g/mol. The van der Waals surface area contributed by atoms with Crippen molar-refractivity contribution in [2.45, 2.75) is 31.5 Å². The van der Waals surface area contributed by atoms with E-state index < -0.39 is 0 Å². The van der Waals surface area contributed by atoms with E-state index in [9.17, 15) is 0 Å². The summed E-state index contributed by atoms with van der Waals surface area (Å²) in [6, 6.07) is 2.00. The van der Waals surface area contributed by atoms with Crippen molar-refractivity contribution in [1.29, 1.82) is 0 Å². The second-order valence-corrected chi connectivity index (χ2v) is 4.61. The molecule has 16 heavy (non-hydrogen) atoms. The Bertz CT molecular complexity index is 309. The number of thioether (sulfide) groups is 1. The topological polar surface area (TPSA) is 58.0 Å². The van der Waals surface area contributed by atoms with Gasteiger partial charge in [-0.15, -0.1) is 0 Å².